The summed E-state index contributed by atoms with van der Waals surface area (Å²) in [6.45, 7) is 3.01. The third-order valence-electron chi connectivity index (χ3n) is 5.38. The monoisotopic (exact) mass is 425 g/mol. The van der Waals surface area contributed by atoms with Crippen molar-refractivity contribution in [2.75, 3.05) is 32.1 Å². The largest absolute Gasteiger partial charge is 0.333 e. The topological polar surface area (TPSA) is 113 Å². The molecule has 168 valence electrons. The number of likely N-dealkylation sites (tertiary alicyclic amines) is 1. The van der Waals surface area contributed by atoms with Crippen molar-refractivity contribution in [3.8, 4) is 0 Å². The maximum atomic E-state index is 12.4. The zero-order valence-electron chi connectivity index (χ0n) is 18.4. The second-order valence-electron chi connectivity index (χ2n) is 7.61. The van der Waals surface area contributed by atoms with Crippen LogP contribution in [0.5, 0.6) is 0 Å². The second kappa shape index (κ2) is 13.5. The van der Waals surface area contributed by atoms with Gasteiger partial charge in [0.15, 0.2) is 0 Å². The molecule has 1 fully saturated rings. The number of anilines is 1. The van der Waals surface area contributed by atoms with Gasteiger partial charge in [-0.25, -0.2) is 0 Å². The van der Waals surface area contributed by atoms with Gasteiger partial charge >= 0.3 is 0 Å². The van der Waals surface area contributed by atoms with Crippen LogP contribution in [0.2, 0.25) is 0 Å². The molecule has 3 rings (SSSR count). The van der Waals surface area contributed by atoms with Gasteiger partial charge in [0.2, 0.25) is 5.91 Å². The number of hydrogen-bond donors (Lipinski definition) is 4. The van der Waals surface area contributed by atoms with Crippen LogP contribution in [0.3, 0.4) is 0 Å². The first-order chi connectivity index (χ1) is 15.2. The van der Waals surface area contributed by atoms with E-state index >= 15 is 0 Å². The van der Waals surface area contributed by atoms with E-state index in [1.807, 2.05) is 30.4 Å². The molecule has 1 aromatic rings. The zero-order chi connectivity index (χ0) is 22.5. The summed E-state index contributed by atoms with van der Waals surface area (Å²) in [7, 11) is 1.50. The van der Waals surface area contributed by atoms with Crippen LogP contribution in [-0.2, 0) is 11.2 Å². The SMILES string of the molecule is CN.NNc1ccc(C=O)cc1CC1=CC(NC(=O)CCN2CCCCC2)=CC=CC1. The van der Waals surface area contributed by atoms with Crippen molar-refractivity contribution in [2.45, 2.75) is 38.5 Å². The van der Waals surface area contributed by atoms with E-state index in [-0.39, 0.29) is 5.91 Å². The number of nitrogens with zero attached hydrogens (tertiary/aromatic N) is 1. The molecule has 0 atom stereocenters. The zero-order valence-corrected chi connectivity index (χ0v) is 18.4. The third kappa shape index (κ3) is 8.13. The van der Waals surface area contributed by atoms with Crippen molar-refractivity contribution in [3.05, 3.63) is 64.9 Å². The highest BCUT2D eigenvalue weighted by Gasteiger charge is 2.13. The number of allylic oxidation sites excluding steroid dienone is 5. The Morgan fingerprint density at radius 1 is 1.19 bits per heavy atom. The van der Waals surface area contributed by atoms with Crippen LogP contribution in [0.1, 0.15) is 48.0 Å². The van der Waals surface area contributed by atoms with Crippen molar-refractivity contribution in [1.82, 2.24) is 10.2 Å². The number of rotatable bonds is 8. The predicted octanol–water partition coefficient (Wildman–Crippen LogP) is 2.66. The van der Waals surface area contributed by atoms with Crippen LogP contribution < -0.4 is 22.3 Å². The van der Waals surface area contributed by atoms with E-state index in [4.69, 9.17) is 5.84 Å². The van der Waals surface area contributed by atoms with Crippen molar-refractivity contribution in [3.63, 3.8) is 0 Å². The first-order valence-electron chi connectivity index (χ1n) is 10.9. The van der Waals surface area contributed by atoms with Gasteiger partial charge in [0, 0.05) is 24.2 Å². The van der Waals surface area contributed by atoms with Gasteiger partial charge in [-0.3, -0.25) is 15.4 Å². The van der Waals surface area contributed by atoms with Crippen molar-refractivity contribution in [1.29, 1.82) is 0 Å². The van der Waals surface area contributed by atoms with Gasteiger partial charge in [-0.05, 0) is 81.7 Å². The Kier molecular flexibility index (Phi) is 10.7. The number of hydrogen-bond acceptors (Lipinski definition) is 6. The van der Waals surface area contributed by atoms with Crippen LogP contribution in [0.25, 0.3) is 0 Å². The second-order valence-corrected chi connectivity index (χ2v) is 7.61. The number of benzene rings is 1. The van der Waals surface area contributed by atoms with Crippen LogP contribution in [0, 0.1) is 0 Å². The summed E-state index contributed by atoms with van der Waals surface area (Å²) in [6.07, 6.45) is 14.5. The average molecular weight is 426 g/mol. The van der Waals surface area contributed by atoms with Gasteiger partial charge in [0.1, 0.15) is 6.29 Å². The molecule has 31 heavy (non-hydrogen) atoms. The van der Waals surface area contributed by atoms with Gasteiger partial charge in [-0.15, -0.1) is 0 Å². The molecule has 0 radical (unpaired) electrons. The Morgan fingerprint density at radius 3 is 2.68 bits per heavy atom. The number of carbonyl (C=O) groups is 2. The number of aldehydes is 1. The van der Waals surface area contributed by atoms with Gasteiger partial charge < -0.3 is 21.4 Å². The van der Waals surface area contributed by atoms with E-state index in [9.17, 15) is 9.59 Å². The third-order valence-corrected chi connectivity index (χ3v) is 5.38. The van der Waals surface area contributed by atoms with Crippen molar-refractivity contribution < 1.29 is 9.59 Å². The quantitative estimate of drug-likeness (QED) is 0.289. The molecule has 1 heterocycles. The Hall–Kier alpha value is -2.74. The summed E-state index contributed by atoms with van der Waals surface area (Å²) in [6, 6.07) is 5.39. The Bertz CT molecular complexity index is 823. The van der Waals surface area contributed by atoms with E-state index in [1.165, 1.54) is 26.3 Å². The molecule has 0 bridgehead atoms. The number of nitrogens with one attached hydrogen (secondary N) is 2. The summed E-state index contributed by atoms with van der Waals surface area (Å²) in [5, 5.41) is 3.04. The molecule has 0 aromatic heterocycles. The average Bonchev–Trinajstić information content (AvgIpc) is 3.04. The van der Waals surface area contributed by atoms with E-state index in [0.29, 0.717) is 18.4 Å². The number of nitrogens with two attached hydrogens (primary N) is 2. The molecule has 2 aliphatic rings. The van der Waals surface area contributed by atoms with E-state index in [1.54, 1.807) is 6.07 Å². The molecule has 6 N–H and O–H groups in total. The minimum atomic E-state index is 0.0417. The molecule has 7 heteroatoms. The minimum absolute atomic E-state index is 0.0417. The van der Waals surface area contributed by atoms with Crippen LogP contribution >= 0.6 is 0 Å². The normalized spacial score (nSPS) is 16.2. The first-order valence-corrected chi connectivity index (χ1v) is 10.9. The summed E-state index contributed by atoms with van der Waals surface area (Å²) in [4.78, 5) is 25.9. The lowest BCUT2D eigenvalue weighted by molar-refractivity contribution is -0.120. The molecule has 1 aromatic carbocycles. The fourth-order valence-corrected chi connectivity index (χ4v) is 3.80. The Labute approximate surface area is 185 Å². The number of amides is 1. The fourth-order valence-electron chi connectivity index (χ4n) is 3.80. The van der Waals surface area contributed by atoms with Crippen LogP contribution in [0.15, 0.2) is 53.8 Å². The molecular weight excluding hydrogens is 390 g/mol. The van der Waals surface area contributed by atoms with Gasteiger partial charge in [-0.2, -0.15) is 0 Å². The van der Waals surface area contributed by atoms with E-state index in [0.717, 1.165) is 54.9 Å². The first kappa shape index (κ1) is 24.5. The van der Waals surface area contributed by atoms with E-state index in [2.05, 4.69) is 27.5 Å². The predicted molar refractivity (Wildman–Crippen MR) is 126 cm³/mol. The van der Waals surface area contributed by atoms with Crippen molar-refractivity contribution >= 4 is 17.9 Å². The van der Waals surface area contributed by atoms with Gasteiger partial charge in [-0.1, -0.05) is 24.1 Å². The van der Waals surface area contributed by atoms with Crippen LogP contribution in [-0.4, -0.2) is 43.8 Å². The lowest BCUT2D eigenvalue weighted by Crippen LogP contribution is -2.34. The van der Waals surface area contributed by atoms with E-state index < -0.39 is 0 Å². The number of carbonyl (C=O) groups excluding carboxylic acids is 2. The number of hydrazine groups is 1. The molecule has 7 nitrogen and oxygen atoms in total. The lowest BCUT2D eigenvalue weighted by Gasteiger charge is -2.26. The molecular formula is C24H35N5O2. The molecule has 1 aliphatic heterocycles. The van der Waals surface area contributed by atoms with Crippen molar-refractivity contribution in [2.24, 2.45) is 11.6 Å². The van der Waals surface area contributed by atoms with Gasteiger partial charge in [0.25, 0.3) is 0 Å². The molecule has 1 saturated heterocycles. The molecule has 1 aliphatic carbocycles. The number of piperidine rings is 1. The lowest BCUT2D eigenvalue weighted by atomic mass is 9.99. The molecule has 1 amide bonds. The smallest absolute Gasteiger partial charge is 0.225 e. The summed E-state index contributed by atoms with van der Waals surface area (Å²) < 4.78 is 0. The summed E-state index contributed by atoms with van der Waals surface area (Å²) in [5.41, 5.74) is 11.5. The molecule has 0 unspecified atom stereocenters. The Balaban J connectivity index is 0.00000166. The van der Waals surface area contributed by atoms with Crippen LogP contribution in [0.4, 0.5) is 5.69 Å². The fraction of sp³-hybridized carbons (Fsp3) is 0.417. The molecule has 0 saturated carbocycles. The standard InChI is InChI=1S/C23H30N4O2.CH5N/c24-26-22-9-8-19(17-28)15-20(22)14-18-6-2-3-7-21(16-18)25-23(29)10-13-27-11-4-1-5-12-27;1-2/h2-3,7-9,15-17,26H,1,4-6,10-14,24H2,(H,25,29);2H2,1H3. The summed E-state index contributed by atoms with van der Waals surface area (Å²) in [5.74, 6) is 5.66. The maximum absolute atomic E-state index is 12.4. The Morgan fingerprint density at radius 2 is 1.97 bits per heavy atom. The highest BCUT2D eigenvalue weighted by atomic mass is 16.1. The minimum Gasteiger partial charge on any atom is -0.333 e. The highest BCUT2D eigenvalue weighted by molar-refractivity contribution is 5.79. The summed E-state index contributed by atoms with van der Waals surface area (Å²) >= 11 is 0. The highest BCUT2D eigenvalue weighted by Crippen LogP contribution is 2.23. The molecule has 0 spiro atoms. The number of nitrogen functional groups attached to an aromatic ring is 1. The maximum Gasteiger partial charge on any atom is 0.225 e. The van der Waals surface area contributed by atoms with Gasteiger partial charge in [0.05, 0.1) is 5.69 Å².